The first-order valence-electron chi connectivity index (χ1n) is 39.4. The van der Waals surface area contributed by atoms with E-state index < -0.39 is 0 Å². The number of esters is 1. The van der Waals surface area contributed by atoms with Gasteiger partial charge in [0.2, 0.25) is 0 Å². The number of allylic oxidation sites excluding steroid dienone is 8. The summed E-state index contributed by atoms with van der Waals surface area (Å²) in [5.41, 5.74) is 0. The van der Waals surface area contributed by atoms with Crippen molar-refractivity contribution in [1.82, 2.24) is 20.4 Å². The van der Waals surface area contributed by atoms with Gasteiger partial charge in [0, 0.05) is 45.7 Å². The predicted molar refractivity (Wildman–Crippen MR) is 389 cm³/mol. The van der Waals surface area contributed by atoms with Crippen LogP contribution in [0.2, 0.25) is 0 Å². The summed E-state index contributed by atoms with van der Waals surface area (Å²) in [5, 5.41) is 16.5. The van der Waals surface area contributed by atoms with Crippen molar-refractivity contribution in [2.75, 3.05) is 65.6 Å². The molecule has 7 heteroatoms. The molecule has 1 heterocycles. The van der Waals surface area contributed by atoms with E-state index in [1.165, 1.54) is 353 Å². The molecule has 1 atom stereocenters. The van der Waals surface area contributed by atoms with E-state index in [0.29, 0.717) is 25.8 Å². The van der Waals surface area contributed by atoms with Crippen molar-refractivity contribution in [2.45, 2.75) is 393 Å². The second-order valence-corrected chi connectivity index (χ2v) is 26.6. The molecule has 514 valence electrons. The lowest BCUT2D eigenvalue weighted by Crippen LogP contribution is -2.40. The van der Waals surface area contributed by atoms with Gasteiger partial charge in [0.05, 0.1) is 12.8 Å². The highest BCUT2D eigenvalue weighted by molar-refractivity contribution is 5.69. The molecule has 1 unspecified atom stereocenters. The van der Waals surface area contributed by atoms with E-state index in [2.05, 4.69) is 96.7 Å². The molecular weight excluding hydrogens is 1060 g/mol. The Kier molecular flexibility index (Phi) is 75.1. The van der Waals surface area contributed by atoms with Gasteiger partial charge < -0.3 is 20.5 Å². The Morgan fingerprint density at radius 2 is 0.632 bits per heavy atom. The number of aliphatic hydroxyl groups is 1. The van der Waals surface area contributed by atoms with Crippen LogP contribution in [0.25, 0.3) is 0 Å². The van der Waals surface area contributed by atoms with Gasteiger partial charge in [-0.2, -0.15) is 0 Å². The zero-order chi connectivity index (χ0) is 62.8. The third kappa shape index (κ3) is 68.4. The Bertz CT molecular complexity index is 1420. The number of rotatable bonds is 70. The first kappa shape index (κ1) is 85.2. The van der Waals surface area contributed by atoms with E-state index in [0.717, 1.165) is 52.1 Å². The van der Waals surface area contributed by atoms with Crippen molar-refractivity contribution in [3.8, 4) is 0 Å². The van der Waals surface area contributed by atoms with Crippen LogP contribution in [0.5, 0.6) is 0 Å². The number of unbranched alkanes of at least 4 members (excludes halogenated alkanes) is 46. The van der Waals surface area contributed by atoms with Crippen molar-refractivity contribution in [3.05, 3.63) is 48.6 Å². The van der Waals surface area contributed by atoms with Gasteiger partial charge in [0.25, 0.3) is 0 Å². The van der Waals surface area contributed by atoms with Crippen LogP contribution in [0, 0.1) is 0 Å². The van der Waals surface area contributed by atoms with Crippen molar-refractivity contribution in [1.29, 1.82) is 0 Å². The fourth-order valence-corrected chi connectivity index (χ4v) is 12.3. The zero-order valence-electron chi connectivity index (χ0n) is 59.5. The highest BCUT2D eigenvalue weighted by atomic mass is 16.5. The molecule has 0 spiro atoms. The van der Waals surface area contributed by atoms with Crippen molar-refractivity contribution in [2.24, 2.45) is 0 Å². The average Bonchev–Trinajstić information content (AvgIpc) is 4.16. The molecule has 0 aromatic carbocycles. The SMILES string of the molecule is CCCCCCCC/C=C\CCCCCCCCN1CCN(CCO)C1CCCCCCC/C=C\CCCCCCCC.CCCCCCCC/C=C\CCCCCCCCNCCNCCOC(=O)CCCCCCC/C=C\CCCCCCCC. The molecule has 7 nitrogen and oxygen atoms in total. The fraction of sp³-hybridized carbons (Fsp3) is 0.887. The summed E-state index contributed by atoms with van der Waals surface area (Å²) >= 11 is 0. The van der Waals surface area contributed by atoms with E-state index >= 15 is 0 Å². The molecule has 0 aromatic heterocycles. The number of β-amino-alcohol motifs (C(OH)–C–C–N with tert-alkyl or cyclic N) is 1. The molecule has 87 heavy (non-hydrogen) atoms. The minimum Gasteiger partial charge on any atom is -0.464 e. The normalized spacial score (nSPS) is 14.1. The van der Waals surface area contributed by atoms with Crippen LogP contribution in [-0.4, -0.2) is 92.6 Å². The second kappa shape index (κ2) is 76.7. The van der Waals surface area contributed by atoms with Crippen molar-refractivity contribution in [3.63, 3.8) is 0 Å². The molecule has 0 radical (unpaired) electrons. The number of aliphatic hydroxyl groups excluding tert-OH is 1. The summed E-state index contributed by atoms with van der Waals surface area (Å²) in [6.45, 7) is 18.1. The Morgan fingerprint density at radius 3 is 0.989 bits per heavy atom. The molecule has 0 amide bonds. The first-order chi connectivity index (χ1) is 43.1. The smallest absolute Gasteiger partial charge is 0.305 e. The van der Waals surface area contributed by atoms with Gasteiger partial charge in [0.1, 0.15) is 6.61 Å². The minimum absolute atomic E-state index is 0.0393. The maximum absolute atomic E-state index is 11.9. The van der Waals surface area contributed by atoms with Gasteiger partial charge in [-0.25, -0.2) is 0 Å². The summed E-state index contributed by atoms with van der Waals surface area (Å²) in [5.74, 6) is -0.0393. The van der Waals surface area contributed by atoms with Gasteiger partial charge in [-0.1, -0.05) is 301 Å². The standard InChI is InChI=1S/C40H78N2O2.C40H78N2O/c1-3-5-7-9-11-13-15-17-19-21-23-25-27-29-31-33-35-41-36-37-42-38-39-44-40(43)34-32-30-28-26-24-22-20-18-16-14-12-10-8-6-4-2;1-3-5-7-9-11-13-15-17-19-21-23-25-27-29-31-33-35-41-36-37-42(38-39-43)40(41)34-32-30-28-26-24-22-20-18-16-14-12-10-8-6-4-2/h17-20,41-42H,3-16,21-39H2,1-2H3;17-20,40,43H,3-16,21-39H2,1-2H3/b2*19-17-,20-18-. The van der Waals surface area contributed by atoms with Gasteiger partial charge in [-0.15, -0.1) is 0 Å². The molecule has 1 fully saturated rings. The maximum Gasteiger partial charge on any atom is 0.305 e. The van der Waals surface area contributed by atoms with Crippen LogP contribution >= 0.6 is 0 Å². The van der Waals surface area contributed by atoms with Crippen LogP contribution in [0.4, 0.5) is 0 Å². The van der Waals surface area contributed by atoms with Crippen LogP contribution in [-0.2, 0) is 9.53 Å². The maximum atomic E-state index is 11.9. The highest BCUT2D eigenvalue weighted by Gasteiger charge is 2.30. The quantitative estimate of drug-likeness (QED) is 0.0318. The van der Waals surface area contributed by atoms with Gasteiger partial charge in [0.15, 0.2) is 0 Å². The van der Waals surface area contributed by atoms with E-state index in [1.807, 2.05) is 0 Å². The largest absolute Gasteiger partial charge is 0.464 e. The molecule has 0 aromatic rings. The minimum atomic E-state index is -0.0393. The molecule has 1 aliphatic heterocycles. The number of hydrogen-bond donors (Lipinski definition) is 3. The van der Waals surface area contributed by atoms with E-state index in [-0.39, 0.29) is 5.97 Å². The molecule has 0 saturated carbocycles. The van der Waals surface area contributed by atoms with E-state index in [9.17, 15) is 9.90 Å². The van der Waals surface area contributed by atoms with Crippen LogP contribution in [0.3, 0.4) is 0 Å². The molecule has 1 saturated heterocycles. The first-order valence-corrected chi connectivity index (χ1v) is 39.4. The van der Waals surface area contributed by atoms with Crippen LogP contribution < -0.4 is 10.6 Å². The van der Waals surface area contributed by atoms with Gasteiger partial charge in [-0.3, -0.25) is 14.6 Å². The average molecular weight is 1220 g/mol. The Morgan fingerprint density at radius 1 is 0.345 bits per heavy atom. The molecule has 3 N–H and O–H groups in total. The van der Waals surface area contributed by atoms with E-state index in [4.69, 9.17) is 4.74 Å². The van der Waals surface area contributed by atoms with Crippen LogP contribution in [0.1, 0.15) is 387 Å². The summed E-state index contributed by atoms with van der Waals surface area (Å²) < 4.78 is 5.37. The Hall–Kier alpha value is -1.77. The lowest BCUT2D eigenvalue weighted by atomic mass is 10.1. The summed E-state index contributed by atoms with van der Waals surface area (Å²) in [7, 11) is 0. The third-order valence-corrected chi connectivity index (χ3v) is 18.1. The zero-order valence-corrected chi connectivity index (χ0v) is 59.5. The number of nitrogens with zero attached hydrogens (tertiary/aromatic N) is 2. The lowest BCUT2D eigenvalue weighted by Gasteiger charge is -2.30. The molecular formula is C80H156N4O3. The Balaban J connectivity index is 0.00000170. The third-order valence-electron chi connectivity index (χ3n) is 18.1. The van der Waals surface area contributed by atoms with Crippen LogP contribution in [0.15, 0.2) is 48.6 Å². The van der Waals surface area contributed by atoms with Crippen molar-refractivity contribution < 1.29 is 14.6 Å². The topological polar surface area (TPSA) is 77.1 Å². The summed E-state index contributed by atoms with van der Waals surface area (Å²) in [6.07, 6.45) is 94.4. The summed E-state index contributed by atoms with van der Waals surface area (Å²) in [4.78, 5) is 17.2. The highest BCUT2D eigenvalue weighted by Crippen LogP contribution is 2.23. The molecule has 0 aliphatic carbocycles. The second-order valence-electron chi connectivity index (χ2n) is 26.6. The molecule has 0 bridgehead atoms. The Labute approximate surface area is 545 Å². The number of ether oxygens (including phenoxy) is 1. The lowest BCUT2D eigenvalue weighted by molar-refractivity contribution is -0.143. The van der Waals surface area contributed by atoms with Crippen molar-refractivity contribution >= 4 is 5.97 Å². The number of carbonyl (C=O) groups excluding carboxylic acids is 1. The number of hydrogen-bond acceptors (Lipinski definition) is 7. The predicted octanol–water partition coefficient (Wildman–Crippen LogP) is 23.8. The van der Waals surface area contributed by atoms with Gasteiger partial charge in [-0.05, 0) is 142 Å². The molecule has 1 rings (SSSR count). The number of carbonyl (C=O) groups is 1. The fourth-order valence-electron chi connectivity index (χ4n) is 12.3. The summed E-state index contributed by atoms with van der Waals surface area (Å²) in [6, 6.07) is 0. The molecule has 1 aliphatic rings. The monoisotopic (exact) mass is 1220 g/mol. The van der Waals surface area contributed by atoms with Gasteiger partial charge >= 0.3 is 5.97 Å². The van der Waals surface area contributed by atoms with E-state index in [1.54, 1.807) is 0 Å². The number of nitrogens with one attached hydrogen (secondary N) is 2.